The van der Waals surface area contributed by atoms with Crippen molar-refractivity contribution in [2.45, 2.75) is 51.0 Å². The molecular formula is C20H30ClN3O3. The lowest BCUT2D eigenvalue weighted by molar-refractivity contribution is -0.136. The lowest BCUT2D eigenvalue weighted by Crippen LogP contribution is -2.34. The SMILES string of the molecule is Cl.O=C(O)CCc1ccc(N2C(=O)NCC2CCC2CCCNCC2)cc1. The van der Waals surface area contributed by atoms with Crippen molar-refractivity contribution in [2.75, 3.05) is 24.5 Å². The summed E-state index contributed by atoms with van der Waals surface area (Å²) in [7, 11) is 0. The van der Waals surface area contributed by atoms with Crippen LogP contribution in [0.25, 0.3) is 0 Å². The number of anilines is 1. The van der Waals surface area contributed by atoms with Crippen molar-refractivity contribution in [2.24, 2.45) is 5.92 Å². The summed E-state index contributed by atoms with van der Waals surface area (Å²) in [6.45, 7) is 2.93. The number of rotatable bonds is 7. The predicted molar refractivity (Wildman–Crippen MR) is 109 cm³/mol. The molecule has 0 radical (unpaired) electrons. The summed E-state index contributed by atoms with van der Waals surface area (Å²) in [4.78, 5) is 24.9. The molecule has 3 rings (SSSR count). The summed E-state index contributed by atoms with van der Waals surface area (Å²) < 4.78 is 0. The van der Waals surface area contributed by atoms with Gasteiger partial charge in [0, 0.05) is 18.7 Å². The van der Waals surface area contributed by atoms with Crippen LogP contribution in [-0.4, -0.2) is 42.8 Å². The van der Waals surface area contributed by atoms with Crippen LogP contribution in [0.1, 0.15) is 44.1 Å². The number of hydrogen-bond donors (Lipinski definition) is 3. The number of halogens is 1. The topological polar surface area (TPSA) is 81.7 Å². The fourth-order valence-corrected chi connectivity index (χ4v) is 3.99. The molecule has 2 aliphatic rings. The average molecular weight is 396 g/mol. The monoisotopic (exact) mass is 395 g/mol. The number of aryl methyl sites for hydroxylation is 1. The number of carbonyl (C=O) groups excluding carboxylic acids is 1. The fourth-order valence-electron chi connectivity index (χ4n) is 3.99. The Labute approximate surface area is 167 Å². The molecule has 0 aromatic heterocycles. The van der Waals surface area contributed by atoms with E-state index in [2.05, 4.69) is 10.6 Å². The zero-order valence-electron chi connectivity index (χ0n) is 15.7. The highest BCUT2D eigenvalue weighted by Gasteiger charge is 2.32. The Balaban J connectivity index is 0.00000261. The third-order valence-electron chi connectivity index (χ3n) is 5.52. The van der Waals surface area contributed by atoms with Gasteiger partial charge in [-0.15, -0.1) is 12.4 Å². The number of carboxylic acids is 1. The van der Waals surface area contributed by atoms with Crippen LogP contribution < -0.4 is 15.5 Å². The molecule has 2 heterocycles. The highest BCUT2D eigenvalue weighted by molar-refractivity contribution is 5.94. The van der Waals surface area contributed by atoms with Crippen molar-refractivity contribution in [1.29, 1.82) is 0 Å². The minimum absolute atomic E-state index is 0. The third kappa shape index (κ3) is 6.11. The maximum Gasteiger partial charge on any atom is 0.322 e. The molecule has 0 saturated carbocycles. The molecule has 27 heavy (non-hydrogen) atoms. The lowest BCUT2D eigenvalue weighted by Gasteiger charge is -2.25. The molecule has 2 fully saturated rings. The molecule has 6 nitrogen and oxygen atoms in total. The first-order chi connectivity index (χ1) is 12.6. The van der Waals surface area contributed by atoms with E-state index in [4.69, 9.17) is 5.11 Å². The largest absolute Gasteiger partial charge is 0.481 e. The number of nitrogens with one attached hydrogen (secondary N) is 2. The Morgan fingerprint density at radius 1 is 1.15 bits per heavy atom. The number of benzene rings is 1. The van der Waals surface area contributed by atoms with Crippen LogP contribution in [0.2, 0.25) is 0 Å². The fraction of sp³-hybridized carbons (Fsp3) is 0.600. The maximum absolute atomic E-state index is 12.3. The van der Waals surface area contributed by atoms with Gasteiger partial charge in [-0.05, 0) is 75.2 Å². The van der Waals surface area contributed by atoms with Crippen molar-refractivity contribution in [3.63, 3.8) is 0 Å². The Kier molecular flexibility index (Phi) is 8.38. The molecule has 150 valence electrons. The number of amides is 2. The summed E-state index contributed by atoms with van der Waals surface area (Å²) >= 11 is 0. The van der Waals surface area contributed by atoms with Gasteiger partial charge in [0.15, 0.2) is 0 Å². The second-order valence-electron chi connectivity index (χ2n) is 7.39. The normalized spacial score (nSPS) is 22.7. The van der Waals surface area contributed by atoms with E-state index in [9.17, 15) is 9.59 Å². The van der Waals surface area contributed by atoms with Gasteiger partial charge in [-0.25, -0.2) is 4.79 Å². The first-order valence-corrected chi connectivity index (χ1v) is 9.72. The molecule has 3 N–H and O–H groups in total. The van der Waals surface area contributed by atoms with E-state index < -0.39 is 5.97 Å². The zero-order chi connectivity index (χ0) is 18.4. The maximum atomic E-state index is 12.3. The van der Waals surface area contributed by atoms with Crippen molar-refractivity contribution < 1.29 is 14.7 Å². The molecule has 2 saturated heterocycles. The summed E-state index contributed by atoms with van der Waals surface area (Å²) in [5.74, 6) is -0.0391. The molecule has 2 amide bonds. The Morgan fingerprint density at radius 2 is 1.93 bits per heavy atom. The van der Waals surface area contributed by atoms with Crippen LogP contribution >= 0.6 is 12.4 Å². The van der Waals surface area contributed by atoms with Gasteiger partial charge in [-0.3, -0.25) is 9.69 Å². The highest BCUT2D eigenvalue weighted by atomic mass is 35.5. The molecule has 2 aliphatic heterocycles. The van der Waals surface area contributed by atoms with E-state index in [-0.39, 0.29) is 30.9 Å². The first kappa shape index (κ1) is 21.5. The number of nitrogens with zero attached hydrogens (tertiary/aromatic N) is 1. The Hall–Kier alpha value is -1.79. The minimum atomic E-state index is -0.790. The number of carbonyl (C=O) groups is 2. The average Bonchev–Trinajstić information content (AvgIpc) is 2.84. The standard InChI is InChI=1S/C20H29N3O3.ClH/c24-19(25)10-6-16-3-7-17(8-4-16)23-18(14-22-20(23)26)9-5-15-2-1-12-21-13-11-15;/h3-4,7-8,15,18,21H,1-2,5-6,9-14H2,(H,22,26)(H,24,25);1H. The number of aliphatic carboxylic acids is 1. The molecular weight excluding hydrogens is 366 g/mol. The molecule has 0 spiro atoms. The van der Waals surface area contributed by atoms with Crippen LogP contribution in [0.15, 0.2) is 24.3 Å². The first-order valence-electron chi connectivity index (χ1n) is 9.72. The van der Waals surface area contributed by atoms with Crippen molar-refractivity contribution in [1.82, 2.24) is 10.6 Å². The lowest BCUT2D eigenvalue weighted by atomic mass is 9.93. The second kappa shape index (κ2) is 10.5. The molecule has 2 unspecified atom stereocenters. The Bertz CT molecular complexity index is 615. The van der Waals surface area contributed by atoms with Crippen LogP contribution in [0.5, 0.6) is 0 Å². The predicted octanol–water partition coefficient (Wildman–Crippen LogP) is 3.19. The molecule has 1 aromatic carbocycles. The van der Waals surface area contributed by atoms with Gasteiger partial charge in [0.2, 0.25) is 0 Å². The van der Waals surface area contributed by atoms with Crippen molar-refractivity contribution >= 4 is 30.1 Å². The van der Waals surface area contributed by atoms with Gasteiger partial charge in [0.25, 0.3) is 0 Å². The van der Waals surface area contributed by atoms with E-state index in [1.54, 1.807) is 0 Å². The van der Waals surface area contributed by atoms with Crippen LogP contribution in [0, 0.1) is 5.92 Å². The number of hydrogen-bond acceptors (Lipinski definition) is 3. The van der Waals surface area contributed by atoms with Crippen LogP contribution in [0.3, 0.4) is 0 Å². The van der Waals surface area contributed by atoms with Gasteiger partial charge >= 0.3 is 12.0 Å². The van der Waals surface area contributed by atoms with Gasteiger partial charge in [0.1, 0.15) is 0 Å². The van der Waals surface area contributed by atoms with E-state index in [0.717, 1.165) is 43.1 Å². The molecule has 2 atom stereocenters. The molecule has 1 aromatic rings. The molecule has 7 heteroatoms. The van der Waals surface area contributed by atoms with Gasteiger partial charge in [0.05, 0.1) is 6.04 Å². The van der Waals surface area contributed by atoms with E-state index in [0.29, 0.717) is 13.0 Å². The number of urea groups is 1. The molecule has 0 bridgehead atoms. The molecule has 0 aliphatic carbocycles. The van der Waals surface area contributed by atoms with Gasteiger partial charge in [-0.1, -0.05) is 12.1 Å². The Morgan fingerprint density at radius 3 is 2.67 bits per heavy atom. The van der Waals surface area contributed by atoms with Crippen LogP contribution in [0.4, 0.5) is 10.5 Å². The van der Waals surface area contributed by atoms with E-state index >= 15 is 0 Å². The van der Waals surface area contributed by atoms with Crippen molar-refractivity contribution in [3.05, 3.63) is 29.8 Å². The minimum Gasteiger partial charge on any atom is -0.481 e. The number of carboxylic acid groups (broad SMARTS) is 1. The second-order valence-corrected chi connectivity index (χ2v) is 7.39. The van der Waals surface area contributed by atoms with E-state index in [1.807, 2.05) is 29.2 Å². The van der Waals surface area contributed by atoms with Gasteiger partial charge < -0.3 is 15.7 Å². The van der Waals surface area contributed by atoms with Crippen molar-refractivity contribution in [3.8, 4) is 0 Å². The third-order valence-corrected chi connectivity index (χ3v) is 5.52. The quantitative estimate of drug-likeness (QED) is 0.662. The summed E-state index contributed by atoms with van der Waals surface area (Å²) in [5, 5.41) is 15.2. The van der Waals surface area contributed by atoms with Crippen LogP contribution in [-0.2, 0) is 11.2 Å². The zero-order valence-corrected chi connectivity index (χ0v) is 16.5. The van der Waals surface area contributed by atoms with E-state index in [1.165, 1.54) is 19.3 Å². The highest BCUT2D eigenvalue weighted by Crippen LogP contribution is 2.27. The summed E-state index contributed by atoms with van der Waals surface area (Å²) in [6.07, 6.45) is 6.57. The smallest absolute Gasteiger partial charge is 0.322 e. The summed E-state index contributed by atoms with van der Waals surface area (Å²) in [6, 6.07) is 7.89. The summed E-state index contributed by atoms with van der Waals surface area (Å²) in [5.41, 5.74) is 1.88. The van der Waals surface area contributed by atoms with Gasteiger partial charge in [-0.2, -0.15) is 0 Å².